The Hall–Kier alpha value is -0.120. The number of aliphatic hydroxyl groups excluding tert-OH is 1. The van der Waals surface area contributed by atoms with Crippen LogP contribution >= 0.6 is 0 Å². The molecule has 0 rings (SSSR count). The molecule has 0 bridgehead atoms. The molecule has 9 heavy (non-hydrogen) atoms. The van der Waals surface area contributed by atoms with E-state index in [1.54, 1.807) is 6.92 Å². The van der Waals surface area contributed by atoms with Crippen molar-refractivity contribution in [1.82, 2.24) is 0 Å². The maximum absolute atomic E-state index is 8.74. The van der Waals surface area contributed by atoms with Gasteiger partial charge < -0.3 is 15.6 Å². The summed E-state index contributed by atoms with van der Waals surface area (Å²) in [6.07, 6.45) is -0.733. The van der Waals surface area contributed by atoms with E-state index < -0.39 is 11.9 Å². The molecule has 3 heteroatoms. The molecule has 0 fully saturated rings. The summed E-state index contributed by atoms with van der Waals surface area (Å²) in [5.74, 6) is 0. The Morgan fingerprint density at radius 3 is 2.22 bits per heavy atom. The van der Waals surface area contributed by atoms with E-state index in [1.807, 2.05) is 13.8 Å². The van der Waals surface area contributed by atoms with Crippen LogP contribution in [0.2, 0.25) is 0 Å². The standard InChI is InChI=1S/C6H15NO2/c1-5(8)9-6(2,3)4-7/h5,8H,4,7H2,1-3H3. The normalized spacial score (nSPS) is 15.7. The van der Waals surface area contributed by atoms with Gasteiger partial charge in [0.15, 0.2) is 6.29 Å². The van der Waals surface area contributed by atoms with Gasteiger partial charge in [-0.15, -0.1) is 0 Å². The molecular weight excluding hydrogens is 118 g/mol. The minimum atomic E-state index is -0.733. The van der Waals surface area contributed by atoms with Crippen molar-refractivity contribution in [2.45, 2.75) is 32.7 Å². The first-order valence-electron chi connectivity index (χ1n) is 3.04. The fourth-order valence-electron chi connectivity index (χ4n) is 0.510. The quantitative estimate of drug-likeness (QED) is 0.536. The molecule has 1 unspecified atom stereocenters. The summed E-state index contributed by atoms with van der Waals surface area (Å²) in [7, 11) is 0. The molecule has 1 atom stereocenters. The summed E-state index contributed by atoms with van der Waals surface area (Å²) >= 11 is 0. The highest BCUT2D eigenvalue weighted by Crippen LogP contribution is 2.07. The molecule has 0 aliphatic carbocycles. The van der Waals surface area contributed by atoms with E-state index in [0.29, 0.717) is 6.54 Å². The van der Waals surface area contributed by atoms with Gasteiger partial charge in [0.25, 0.3) is 0 Å². The van der Waals surface area contributed by atoms with Crippen LogP contribution in [0.5, 0.6) is 0 Å². The third-order valence-electron chi connectivity index (χ3n) is 0.981. The first-order valence-corrected chi connectivity index (χ1v) is 3.04. The van der Waals surface area contributed by atoms with E-state index in [9.17, 15) is 0 Å². The number of aliphatic hydroxyl groups is 1. The van der Waals surface area contributed by atoms with Crippen molar-refractivity contribution in [2.24, 2.45) is 5.73 Å². The van der Waals surface area contributed by atoms with Gasteiger partial charge in [-0.1, -0.05) is 0 Å². The van der Waals surface area contributed by atoms with E-state index in [-0.39, 0.29) is 0 Å². The summed E-state index contributed by atoms with van der Waals surface area (Å²) in [6, 6.07) is 0. The monoisotopic (exact) mass is 133 g/mol. The minimum Gasteiger partial charge on any atom is -0.368 e. The van der Waals surface area contributed by atoms with Crippen LogP contribution in [-0.2, 0) is 4.74 Å². The largest absolute Gasteiger partial charge is 0.368 e. The van der Waals surface area contributed by atoms with Gasteiger partial charge in [-0.3, -0.25) is 0 Å². The first-order chi connectivity index (χ1) is 3.98. The second-order valence-electron chi connectivity index (χ2n) is 2.68. The zero-order valence-electron chi connectivity index (χ0n) is 6.22. The third kappa shape index (κ3) is 4.39. The lowest BCUT2D eigenvalue weighted by molar-refractivity contribution is -0.157. The van der Waals surface area contributed by atoms with Gasteiger partial charge in [0.05, 0.1) is 5.60 Å². The van der Waals surface area contributed by atoms with E-state index in [1.165, 1.54) is 0 Å². The molecule has 0 saturated heterocycles. The van der Waals surface area contributed by atoms with Crippen molar-refractivity contribution in [3.63, 3.8) is 0 Å². The SMILES string of the molecule is CC(O)OC(C)(C)CN. The van der Waals surface area contributed by atoms with Crippen molar-refractivity contribution < 1.29 is 9.84 Å². The van der Waals surface area contributed by atoms with E-state index in [2.05, 4.69) is 0 Å². The van der Waals surface area contributed by atoms with E-state index >= 15 is 0 Å². The van der Waals surface area contributed by atoms with E-state index in [0.717, 1.165) is 0 Å². The molecule has 56 valence electrons. The predicted octanol–water partition coefficient (Wildman–Crippen LogP) is 0.0786. The Kier molecular flexibility index (Phi) is 3.11. The fraction of sp³-hybridized carbons (Fsp3) is 1.00. The maximum atomic E-state index is 8.74. The van der Waals surface area contributed by atoms with Crippen molar-refractivity contribution in [3.05, 3.63) is 0 Å². The molecule has 0 aliphatic heterocycles. The van der Waals surface area contributed by atoms with Crippen molar-refractivity contribution in [1.29, 1.82) is 0 Å². The van der Waals surface area contributed by atoms with Crippen LogP contribution in [0.4, 0.5) is 0 Å². The zero-order chi connectivity index (χ0) is 7.49. The van der Waals surface area contributed by atoms with E-state index in [4.69, 9.17) is 15.6 Å². The fourth-order valence-corrected chi connectivity index (χ4v) is 0.510. The molecule has 0 aromatic heterocycles. The highest BCUT2D eigenvalue weighted by atomic mass is 16.6. The highest BCUT2D eigenvalue weighted by molar-refractivity contribution is 4.68. The maximum Gasteiger partial charge on any atom is 0.152 e. The van der Waals surface area contributed by atoms with Gasteiger partial charge in [-0.2, -0.15) is 0 Å². The van der Waals surface area contributed by atoms with Crippen LogP contribution in [0, 0.1) is 0 Å². The molecule has 0 amide bonds. The van der Waals surface area contributed by atoms with Gasteiger partial charge in [0, 0.05) is 6.54 Å². The molecular formula is C6H15NO2. The Bertz CT molecular complexity index is 81.1. The third-order valence-corrected chi connectivity index (χ3v) is 0.981. The molecule has 0 heterocycles. The van der Waals surface area contributed by atoms with Crippen molar-refractivity contribution in [2.75, 3.05) is 6.54 Å². The Morgan fingerprint density at radius 1 is 1.67 bits per heavy atom. The zero-order valence-corrected chi connectivity index (χ0v) is 6.22. The summed E-state index contributed by atoms with van der Waals surface area (Å²) < 4.78 is 5.02. The topological polar surface area (TPSA) is 55.5 Å². The lowest BCUT2D eigenvalue weighted by Crippen LogP contribution is -2.36. The lowest BCUT2D eigenvalue weighted by atomic mass is 10.1. The van der Waals surface area contributed by atoms with Crippen LogP contribution in [0.25, 0.3) is 0 Å². The van der Waals surface area contributed by atoms with Crippen molar-refractivity contribution in [3.8, 4) is 0 Å². The van der Waals surface area contributed by atoms with Gasteiger partial charge in [0.1, 0.15) is 0 Å². The molecule has 0 saturated carbocycles. The summed E-state index contributed by atoms with van der Waals surface area (Å²) in [6.45, 7) is 5.65. The Morgan fingerprint density at radius 2 is 2.11 bits per heavy atom. The average Bonchev–Trinajstić information content (AvgIpc) is 1.63. The van der Waals surface area contributed by atoms with Crippen LogP contribution in [0.1, 0.15) is 20.8 Å². The Balaban J connectivity index is 3.58. The second-order valence-corrected chi connectivity index (χ2v) is 2.68. The predicted molar refractivity (Wildman–Crippen MR) is 35.9 cm³/mol. The summed E-state index contributed by atoms with van der Waals surface area (Å²) in [5.41, 5.74) is 4.91. The van der Waals surface area contributed by atoms with Crippen LogP contribution in [0.15, 0.2) is 0 Å². The van der Waals surface area contributed by atoms with Gasteiger partial charge in [-0.05, 0) is 20.8 Å². The van der Waals surface area contributed by atoms with Crippen LogP contribution < -0.4 is 5.73 Å². The molecule has 3 nitrogen and oxygen atoms in total. The van der Waals surface area contributed by atoms with Crippen molar-refractivity contribution >= 4 is 0 Å². The number of ether oxygens (including phenoxy) is 1. The summed E-state index contributed by atoms with van der Waals surface area (Å²) in [4.78, 5) is 0. The molecule has 0 aromatic carbocycles. The van der Waals surface area contributed by atoms with Crippen LogP contribution in [-0.4, -0.2) is 23.5 Å². The number of hydrogen-bond acceptors (Lipinski definition) is 3. The molecule has 0 aromatic rings. The second kappa shape index (κ2) is 3.15. The number of nitrogens with two attached hydrogens (primary N) is 1. The highest BCUT2D eigenvalue weighted by Gasteiger charge is 2.17. The summed E-state index contributed by atoms with van der Waals surface area (Å²) in [5, 5.41) is 8.74. The average molecular weight is 133 g/mol. The van der Waals surface area contributed by atoms with Gasteiger partial charge >= 0.3 is 0 Å². The Labute approximate surface area is 55.8 Å². The molecule has 0 aliphatic rings. The molecule has 0 radical (unpaired) electrons. The first kappa shape index (κ1) is 8.88. The molecule has 3 N–H and O–H groups in total. The molecule has 0 spiro atoms. The number of rotatable bonds is 3. The smallest absolute Gasteiger partial charge is 0.152 e. The minimum absolute atomic E-state index is 0.409. The van der Waals surface area contributed by atoms with Gasteiger partial charge in [-0.25, -0.2) is 0 Å². The number of hydrogen-bond donors (Lipinski definition) is 2. The lowest BCUT2D eigenvalue weighted by Gasteiger charge is -2.24. The van der Waals surface area contributed by atoms with Gasteiger partial charge in [0.2, 0.25) is 0 Å². The van der Waals surface area contributed by atoms with Crippen LogP contribution in [0.3, 0.4) is 0 Å².